The molecule has 0 spiro atoms. The van der Waals surface area contributed by atoms with Crippen LogP contribution in [0.3, 0.4) is 0 Å². The summed E-state index contributed by atoms with van der Waals surface area (Å²) in [6, 6.07) is 11.7. The quantitative estimate of drug-likeness (QED) is 0.705. The van der Waals surface area contributed by atoms with E-state index in [0.29, 0.717) is 0 Å². The van der Waals surface area contributed by atoms with Gasteiger partial charge in [-0.1, -0.05) is 18.2 Å². The molecule has 88 valence electrons. The number of benzene rings is 1. The summed E-state index contributed by atoms with van der Waals surface area (Å²) in [7, 11) is 0. The monoisotopic (exact) mass is 236 g/mol. The van der Waals surface area contributed by atoms with Gasteiger partial charge in [0, 0.05) is 11.6 Å². The first kappa shape index (κ1) is 10.7. The van der Waals surface area contributed by atoms with Crippen LogP contribution in [0.25, 0.3) is 22.3 Å². The van der Waals surface area contributed by atoms with Gasteiger partial charge in [-0.2, -0.15) is 0 Å². The van der Waals surface area contributed by atoms with Crippen LogP contribution in [0.5, 0.6) is 0 Å². The predicted octanol–water partition coefficient (Wildman–Crippen LogP) is 2.58. The van der Waals surface area contributed by atoms with Crippen molar-refractivity contribution in [3.05, 3.63) is 48.2 Å². The number of nitrogens with two attached hydrogens (primary N) is 1. The summed E-state index contributed by atoms with van der Waals surface area (Å²) >= 11 is 0. The Morgan fingerprint density at radius 1 is 1.00 bits per heavy atom. The molecule has 0 atom stereocenters. The highest BCUT2D eigenvalue weighted by Crippen LogP contribution is 2.27. The third kappa shape index (κ3) is 1.68. The lowest BCUT2D eigenvalue weighted by Gasteiger charge is -2.08. The molecule has 0 amide bonds. The summed E-state index contributed by atoms with van der Waals surface area (Å²) in [5.41, 5.74) is 9.33. The van der Waals surface area contributed by atoms with Gasteiger partial charge in [0.15, 0.2) is 0 Å². The number of anilines is 1. The van der Waals surface area contributed by atoms with Crippen LogP contribution in [0, 0.1) is 6.92 Å². The van der Waals surface area contributed by atoms with E-state index in [2.05, 4.69) is 15.0 Å². The fraction of sp³-hybridized carbons (Fsp3) is 0.0714. The highest BCUT2D eigenvalue weighted by Gasteiger charge is 2.10. The average Bonchev–Trinajstić information content (AvgIpc) is 2.39. The lowest BCUT2D eigenvalue weighted by molar-refractivity contribution is 1.20. The van der Waals surface area contributed by atoms with Crippen molar-refractivity contribution >= 4 is 16.9 Å². The minimum atomic E-state index is 0.272. The molecule has 3 aromatic rings. The molecule has 2 N–H and O–H groups in total. The maximum absolute atomic E-state index is 5.76. The highest BCUT2D eigenvalue weighted by molar-refractivity contribution is 5.94. The van der Waals surface area contributed by atoms with E-state index < -0.39 is 0 Å². The van der Waals surface area contributed by atoms with Gasteiger partial charge >= 0.3 is 0 Å². The van der Waals surface area contributed by atoms with Crippen molar-refractivity contribution in [3.8, 4) is 11.4 Å². The second-order valence-corrected chi connectivity index (χ2v) is 4.11. The zero-order valence-electron chi connectivity index (χ0n) is 9.96. The Morgan fingerprint density at radius 2 is 1.89 bits per heavy atom. The van der Waals surface area contributed by atoms with E-state index in [1.165, 1.54) is 0 Å². The number of aryl methyl sites for hydroxylation is 1. The number of nitrogens with zero attached hydrogens (tertiary/aromatic N) is 3. The second-order valence-electron chi connectivity index (χ2n) is 4.11. The van der Waals surface area contributed by atoms with E-state index >= 15 is 0 Å². The minimum absolute atomic E-state index is 0.272. The number of hydrogen-bond donors (Lipinski definition) is 1. The third-order valence-corrected chi connectivity index (χ3v) is 2.86. The maximum atomic E-state index is 5.76. The summed E-state index contributed by atoms with van der Waals surface area (Å²) in [4.78, 5) is 12.9. The van der Waals surface area contributed by atoms with Crippen LogP contribution in [0.4, 0.5) is 5.95 Å². The first-order chi connectivity index (χ1) is 8.75. The topological polar surface area (TPSA) is 64.7 Å². The molecule has 0 aliphatic rings. The Labute approximate surface area is 105 Å². The van der Waals surface area contributed by atoms with Gasteiger partial charge in [0.05, 0.1) is 11.2 Å². The van der Waals surface area contributed by atoms with Gasteiger partial charge in [-0.15, -0.1) is 0 Å². The second kappa shape index (κ2) is 4.07. The molecular weight excluding hydrogens is 224 g/mol. The Hall–Kier alpha value is -2.49. The van der Waals surface area contributed by atoms with E-state index in [1.807, 2.05) is 43.3 Å². The molecule has 0 radical (unpaired) electrons. The number of aromatic nitrogens is 3. The van der Waals surface area contributed by atoms with E-state index in [0.717, 1.165) is 27.9 Å². The summed E-state index contributed by atoms with van der Waals surface area (Å²) in [5, 5.41) is 1.01. The van der Waals surface area contributed by atoms with Gasteiger partial charge < -0.3 is 5.73 Å². The molecule has 0 unspecified atom stereocenters. The van der Waals surface area contributed by atoms with Crippen molar-refractivity contribution in [1.29, 1.82) is 0 Å². The van der Waals surface area contributed by atoms with Crippen LogP contribution >= 0.6 is 0 Å². The normalized spacial score (nSPS) is 10.7. The van der Waals surface area contributed by atoms with Gasteiger partial charge in [-0.3, -0.25) is 4.98 Å². The zero-order valence-corrected chi connectivity index (χ0v) is 9.96. The smallest absolute Gasteiger partial charge is 0.221 e. The summed E-state index contributed by atoms with van der Waals surface area (Å²) < 4.78 is 0. The lowest BCUT2D eigenvalue weighted by Crippen LogP contribution is -1.99. The molecule has 3 rings (SSSR count). The molecule has 0 saturated carbocycles. The van der Waals surface area contributed by atoms with Crippen molar-refractivity contribution in [2.45, 2.75) is 6.92 Å². The maximum Gasteiger partial charge on any atom is 0.221 e. The van der Waals surface area contributed by atoms with Gasteiger partial charge in [0.2, 0.25) is 5.95 Å². The summed E-state index contributed by atoms with van der Waals surface area (Å²) in [6.45, 7) is 2.04. The molecule has 0 saturated heterocycles. The molecule has 0 aliphatic heterocycles. The number of hydrogen-bond acceptors (Lipinski definition) is 4. The van der Waals surface area contributed by atoms with E-state index in [1.54, 1.807) is 6.20 Å². The van der Waals surface area contributed by atoms with Crippen LogP contribution in [0.2, 0.25) is 0 Å². The van der Waals surface area contributed by atoms with Crippen LogP contribution in [0.1, 0.15) is 5.56 Å². The zero-order chi connectivity index (χ0) is 12.5. The summed E-state index contributed by atoms with van der Waals surface area (Å²) in [5.74, 6) is 0.272. The summed E-state index contributed by atoms with van der Waals surface area (Å²) in [6.07, 6.45) is 1.75. The first-order valence-corrected chi connectivity index (χ1v) is 5.70. The Morgan fingerprint density at radius 3 is 2.67 bits per heavy atom. The molecule has 4 nitrogen and oxygen atoms in total. The number of fused-ring (bicyclic) bond motifs is 1. The Kier molecular flexibility index (Phi) is 2.41. The molecule has 0 bridgehead atoms. The van der Waals surface area contributed by atoms with Crippen molar-refractivity contribution in [2.24, 2.45) is 0 Å². The van der Waals surface area contributed by atoms with Gasteiger partial charge in [-0.05, 0) is 30.7 Å². The van der Waals surface area contributed by atoms with Crippen molar-refractivity contribution in [1.82, 2.24) is 15.0 Å². The van der Waals surface area contributed by atoms with E-state index in [4.69, 9.17) is 5.73 Å². The molecule has 1 aromatic carbocycles. The van der Waals surface area contributed by atoms with Crippen LogP contribution in [-0.2, 0) is 0 Å². The van der Waals surface area contributed by atoms with Crippen molar-refractivity contribution < 1.29 is 0 Å². The first-order valence-electron chi connectivity index (χ1n) is 5.70. The molecule has 2 heterocycles. The fourth-order valence-corrected chi connectivity index (χ4v) is 2.06. The van der Waals surface area contributed by atoms with E-state index in [-0.39, 0.29) is 5.95 Å². The van der Waals surface area contributed by atoms with Crippen LogP contribution in [-0.4, -0.2) is 15.0 Å². The minimum Gasteiger partial charge on any atom is -0.368 e. The molecule has 4 heteroatoms. The average molecular weight is 236 g/mol. The predicted molar refractivity (Wildman–Crippen MR) is 71.9 cm³/mol. The van der Waals surface area contributed by atoms with Gasteiger partial charge in [0.25, 0.3) is 0 Å². The van der Waals surface area contributed by atoms with Gasteiger partial charge in [0.1, 0.15) is 5.69 Å². The molecule has 0 fully saturated rings. The van der Waals surface area contributed by atoms with Crippen molar-refractivity contribution in [3.63, 3.8) is 0 Å². The molecule has 0 aliphatic carbocycles. The molecule has 18 heavy (non-hydrogen) atoms. The number of nitrogen functional groups attached to an aromatic ring is 1. The number of pyridine rings is 1. The third-order valence-electron chi connectivity index (χ3n) is 2.86. The largest absolute Gasteiger partial charge is 0.368 e. The van der Waals surface area contributed by atoms with E-state index in [9.17, 15) is 0 Å². The number of rotatable bonds is 1. The van der Waals surface area contributed by atoms with Crippen molar-refractivity contribution in [2.75, 3.05) is 5.73 Å². The Bertz CT molecular complexity index is 708. The molecule has 2 aromatic heterocycles. The molecular formula is C14H12N4. The SMILES string of the molecule is Cc1cccc2nc(N)nc(-c3ccccn3)c12. The van der Waals surface area contributed by atoms with Crippen LogP contribution < -0.4 is 5.73 Å². The Balaban J connectivity index is 2.41. The van der Waals surface area contributed by atoms with Crippen LogP contribution in [0.15, 0.2) is 42.6 Å². The fourth-order valence-electron chi connectivity index (χ4n) is 2.06. The standard InChI is InChI=1S/C14H12N4/c1-9-5-4-7-10-12(9)13(18-14(15)17-10)11-6-2-3-8-16-11/h2-8H,1H3,(H2,15,17,18). The van der Waals surface area contributed by atoms with Gasteiger partial charge in [-0.25, -0.2) is 9.97 Å². The lowest BCUT2D eigenvalue weighted by atomic mass is 10.1. The highest BCUT2D eigenvalue weighted by atomic mass is 15.0.